The van der Waals surface area contributed by atoms with Crippen LogP contribution in [0.5, 0.6) is 5.75 Å². The minimum absolute atomic E-state index is 0.819. The Morgan fingerprint density at radius 2 is 2.29 bits per heavy atom. The van der Waals surface area contributed by atoms with Gasteiger partial charge >= 0.3 is 0 Å². The minimum Gasteiger partial charge on any atom is -0.497 e. The van der Waals surface area contributed by atoms with Gasteiger partial charge in [-0.15, -0.1) is 11.3 Å². The summed E-state index contributed by atoms with van der Waals surface area (Å²) in [5.74, 6) is 0.893. The normalized spacial score (nSPS) is 10.9. The third-order valence-corrected chi connectivity index (χ3v) is 3.43. The molecule has 3 nitrogen and oxygen atoms in total. The Bertz CT molecular complexity index is 628. The molecule has 0 saturated carbocycles. The molecule has 4 heteroatoms. The van der Waals surface area contributed by atoms with Crippen LogP contribution in [0.1, 0.15) is 5.69 Å². The number of aromatic nitrogens is 2. The first-order valence-corrected chi connectivity index (χ1v) is 6.31. The number of rotatable bonds is 3. The molecule has 0 saturated heterocycles. The monoisotopic (exact) mass is 244 g/mol. The quantitative estimate of drug-likeness (QED) is 0.707. The van der Waals surface area contributed by atoms with E-state index in [1.165, 1.54) is 10.9 Å². The van der Waals surface area contributed by atoms with Crippen molar-refractivity contribution in [2.75, 3.05) is 7.11 Å². The van der Waals surface area contributed by atoms with Crippen LogP contribution in [-0.2, 0) is 6.54 Å². The maximum atomic E-state index is 5.22. The Morgan fingerprint density at radius 3 is 3.06 bits per heavy atom. The SMILES string of the molecule is COc1ccc2c(ccn2Cc2cscn2)c1. The smallest absolute Gasteiger partial charge is 0.119 e. The first kappa shape index (κ1) is 10.4. The predicted octanol–water partition coefficient (Wildman–Crippen LogP) is 3.15. The minimum atomic E-state index is 0.819. The van der Waals surface area contributed by atoms with E-state index >= 15 is 0 Å². The van der Waals surface area contributed by atoms with Crippen LogP contribution in [0.15, 0.2) is 41.4 Å². The zero-order chi connectivity index (χ0) is 11.7. The van der Waals surface area contributed by atoms with Crippen LogP contribution in [0, 0.1) is 0 Å². The van der Waals surface area contributed by atoms with E-state index in [9.17, 15) is 0 Å². The van der Waals surface area contributed by atoms with Crippen LogP contribution in [0.2, 0.25) is 0 Å². The van der Waals surface area contributed by atoms with E-state index in [1.54, 1.807) is 18.4 Å². The van der Waals surface area contributed by atoms with Crippen molar-refractivity contribution in [2.45, 2.75) is 6.54 Å². The number of hydrogen-bond acceptors (Lipinski definition) is 3. The van der Waals surface area contributed by atoms with Crippen LogP contribution < -0.4 is 4.74 Å². The van der Waals surface area contributed by atoms with Crippen LogP contribution in [0.25, 0.3) is 10.9 Å². The predicted molar refractivity (Wildman–Crippen MR) is 69.7 cm³/mol. The van der Waals surface area contributed by atoms with Crippen molar-refractivity contribution in [3.05, 3.63) is 47.0 Å². The number of methoxy groups -OCH3 is 1. The molecule has 0 spiro atoms. The van der Waals surface area contributed by atoms with Gasteiger partial charge in [0.15, 0.2) is 0 Å². The van der Waals surface area contributed by atoms with Crippen molar-refractivity contribution < 1.29 is 4.74 Å². The van der Waals surface area contributed by atoms with E-state index in [1.807, 2.05) is 17.6 Å². The van der Waals surface area contributed by atoms with Crippen LogP contribution in [-0.4, -0.2) is 16.7 Å². The maximum Gasteiger partial charge on any atom is 0.119 e. The summed E-state index contributed by atoms with van der Waals surface area (Å²) in [4.78, 5) is 4.30. The topological polar surface area (TPSA) is 27.1 Å². The highest BCUT2D eigenvalue weighted by atomic mass is 32.1. The van der Waals surface area contributed by atoms with Crippen molar-refractivity contribution in [2.24, 2.45) is 0 Å². The fourth-order valence-corrected chi connectivity index (χ4v) is 2.48. The van der Waals surface area contributed by atoms with E-state index in [0.29, 0.717) is 0 Å². The molecule has 0 aliphatic heterocycles. The number of ether oxygens (including phenoxy) is 1. The molecule has 1 aromatic carbocycles. The zero-order valence-electron chi connectivity index (χ0n) is 9.46. The number of benzene rings is 1. The Balaban J connectivity index is 2.00. The average molecular weight is 244 g/mol. The van der Waals surface area contributed by atoms with E-state index in [-0.39, 0.29) is 0 Å². The summed E-state index contributed by atoms with van der Waals surface area (Å²) >= 11 is 1.63. The molecule has 0 atom stereocenters. The Labute approximate surface area is 103 Å². The molecular weight excluding hydrogens is 232 g/mol. The zero-order valence-corrected chi connectivity index (χ0v) is 10.3. The average Bonchev–Trinajstić information content (AvgIpc) is 2.99. The number of hydrogen-bond donors (Lipinski definition) is 0. The van der Waals surface area contributed by atoms with Gasteiger partial charge in [-0.25, -0.2) is 4.98 Å². The van der Waals surface area contributed by atoms with Gasteiger partial charge in [-0.3, -0.25) is 0 Å². The molecule has 86 valence electrons. The molecule has 0 bridgehead atoms. The van der Waals surface area contributed by atoms with E-state index in [2.05, 4.69) is 33.3 Å². The first-order chi connectivity index (χ1) is 8.36. The van der Waals surface area contributed by atoms with Crippen LogP contribution >= 0.6 is 11.3 Å². The van der Waals surface area contributed by atoms with Crippen LogP contribution in [0.3, 0.4) is 0 Å². The molecule has 0 N–H and O–H groups in total. The molecule has 3 rings (SSSR count). The Kier molecular flexibility index (Phi) is 2.57. The third kappa shape index (κ3) is 1.91. The van der Waals surface area contributed by atoms with Gasteiger partial charge < -0.3 is 9.30 Å². The lowest BCUT2D eigenvalue weighted by Gasteiger charge is -2.04. The number of fused-ring (bicyclic) bond motifs is 1. The second-order valence-electron chi connectivity index (χ2n) is 3.85. The maximum absolute atomic E-state index is 5.22. The fourth-order valence-electron chi connectivity index (χ4n) is 1.93. The van der Waals surface area contributed by atoms with Gasteiger partial charge in [-0.1, -0.05) is 0 Å². The summed E-state index contributed by atoms with van der Waals surface area (Å²) in [7, 11) is 1.69. The van der Waals surface area contributed by atoms with Crippen molar-refractivity contribution in [3.63, 3.8) is 0 Å². The van der Waals surface area contributed by atoms with Gasteiger partial charge in [-0.05, 0) is 24.3 Å². The number of thiazole rings is 1. The van der Waals surface area contributed by atoms with Crippen molar-refractivity contribution in [1.29, 1.82) is 0 Å². The second kappa shape index (κ2) is 4.22. The van der Waals surface area contributed by atoms with E-state index in [4.69, 9.17) is 4.74 Å². The van der Waals surface area contributed by atoms with Crippen LogP contribution in [0.4, 0.5) is 0 Å². The van der Waals surface area contributed by atoms with E-state index < -0.39 is 0 Å². The molecule has 2 heterocycles. The Hall–Kier alpha value is -1.81. The first-order valence-electron chi connectivity index (χ1n) is 5.37. The fraction of sp³-hybridized carbons (Fsp3) is 0.154. The summed E-state index contributed by atoms with van der Waals surface area (Å²) in [6.45, 7) is 0.819. The molecule has 3 aromatic rings. The van der Waals surface area contributed by atoms with Gasteiger partial charge in [0.05, 0.1) is 24.9 Å². The van der Waals surface area contributed by atoms with Gasteiger partial charge in [0.1, 0.15) is 5.75 Å². The standard InChI is InChI=1S/C13H12N2OS/c1-16-12-2-3-13-10(6-12)4-5-15(13)7-11-8-17-9-14-11/h2-6,8-9H,7H2,1H3. The van der Waals surface area contributed by atoms with Crippen molar-refractivity contribution >= 4 is 22.2 Å². The molecule has 0 radical (unpaired) electrons. The van der Waals surface area contributed by atoms with Crippen molar-refractivity contribution in [1.82, 2.24) is 9.55 Å². The highest BCUT2D eigenvalue weighted by Crippen LogP contribution is 2.22. The van der Waals surface area contributed by atoms with Crippen molar-refractivity contribution in [3.8, 4) is 5.75 Å². The molecule has 0 aliphatic carbocycles. The van der Waals surface area contributed by atoms with Gasteiger partial charge in [0.25, 0.3) is 0 Å². The molecular formula is C13H12N2OS. The molecule has 0 unspecified atom stereocenters. The largest absolute Gasteiger partial charge is 0.497 e. The lowest BCUT2D eigenvalue weighted by atomic mass is 10.2. The molecule has 0 fully saturated rings. The number of nitrogens with zero attached hydrogens (tertiary/aromatic N) is 2. The lowest BCUT2D eigenvalue weighted by molar-refractivity contribution is 0.415. The summed E-state index contributed by atoms with van der Waals surface area (Å²) in [6, 6.07) is 8.22. The summed E-state index contributed by atoms with van der Waals surface area (Å²) in [5.41, 5.74) is 4.17. The third-order valence-electron chi connectivity index (χ3n) is 2.79. The molecule has 17 heavy (non-hydrogen) atoms. The molecule has 0 amide bonds. The summed E-state index contributed by atoms with van der Waals surface area (Å²) < 4.78 is 7.42. The summed E-state index contributed by atoms with van der Waals surface area (Å²) in [5, 5.41) is 3.27. The highest BCUT2D eigenvalue weighted by molar-refractivity contribution is 7.07. The molecule has 0 aliphatic rings. The van der Waals surface area contributed by atoms with Gasteiger partial charge in [0.2, 0.25) is 0 Å². The Morgan fingerprint density at radius 1 is 1.35 bits per heavy atom. The molecule has 2 aromatic heterocycles. The summed E-state index contributed by atoms with van der Waals surface area (Å²) in [6.07, 6.45) is 2.09. The van der Waals surface area contributed by atoms with E-state index in [0.717, 1.165) is 18.0 Å². The highest BCUT2D eigenvalue weighted by Gasteiger charge is 2.04. The van der Waals surface area contributed by atoms with Gasteiger partial charge in [-0.2, -0.15) is 0 Å². The lowest BCUT2D eigenvalue weighted by Crippen LogP contribution is -1.97. The second-order valence-corrected chi connectivity index (χ2v) is 4.57. The van der Waals surface area contributed by atoms with Gasteiger partial charge in [0, 0.05) is 22.5 Å².